The fraction of sp³-hybridized carbons (Fsp3) is 0.250. The van der Waals surface area contributed by atoms with Gasteiger partial charge in [-0.05, 0) is 48.7 Å². The van der Waals surface area contributed by atoms with Gasteiger partial charge in [0.15, 0.2) is 5.58 Å². The molecule has 0 N–H and O–H groups in total. The number of hydrogen-bond donors (Lipinski definition) is 0. The van der Waals surface area contributed by atoms with Gasteiger partial charge in [0.05, 0.1) is 4.90 Å². The summed E-state index contributed by atoms with van der Waals surface area (Å²) in [6.07, 6.45) is 6.62. The van der Waals surface area contributed by atoms with E-state index >= 15 is 0 Å². The molecule has 134 valence electrons. The van der Waals surface area contributed by atoms with Crippen molar-refractivity contribution >= 4 is 33.3 Å². The first-order chi connectivity index (χ1) is 12.6. The lowest BCUT2D eigenvalue weighted by Gasteiger charge is -2.25. The van der Waals surface area contributed by atoms with Crippen LogP contribution in [0.15, 0.2) is 57.8 Å². The van der Waals surface area contributed by atoms with Crippen molar-refractivity contribution in [3.05, 3.63) is 60.0 Å². The van der Waals surface area contributed by atoms with Crippen LogP contribution in [0.4, 0.5) is 0 Å². The van der Waals surface area contributed by atoms with Crippen molar-refractivity contribution in [3.8, 4) is 0 Å². The third-order valence-electron chi connectivity index (χ3n) is 4.56. The summed E-state index contributed by atoms with van der Waals surface area (Å²) in [6, 6.07) is 14.5. The lowest BCUT2D eigenvalue weighted by molar-refractivity contribution is 0.346. The first-order valence-corrected chi connectivity index (χ1v) is 10.2. The summed E-state index contributed by atoms with van der Waals surface area (Å²) in [5.74, 6) is 0.524. The lowest BCUT2D eigenvalue weighted by atomic mass is 10.2. The molecule has 2 heterocycles. The Morgan fingerprint density at radius 3 is 2.38 bits per heavy atom. The van der Waals surface area contributed by atoms with Crippen LogP contribution in [0.1, 0.15) is 30.7 Å². The largest absolute Gasteiger partial charge is 0.437 e. The Balaban J connectivity index is 1.52. The molecule has 1 saturated heterocycles. The van der Waals surface area contributed by atoms with Crippen LogP contribution in [0.2, 0.25) is 0 Å². The van der Waals surface area contributed by atoms with Crippen molar-refractivity contribution in [2.45, 2.75) is 24.2 Å². The monoisotopic (exact) mass is 368 g/mol. The average molecular weight is 368 g/mol. The number of oxazole rings is 1. The molecule has 0 unspecified atom stereocenters. The molecule has 5 nitrogen and oxygen atoms in total. The maximum Gasteiger partial charge on any atom is 0.243 e. The van der Waals surface area contributed by atoms with E-state index in [1.807, 2.05) is 30.3 Å². The van der Waals surface area contributed by atoms with E-state index in [0.717, 1.165) is 35.9 Å². The Morgan fingerprint density at radius 1 is 0.923 bits per heavy atom. The number of hydrogen-bond acceptors (Lipinski definition) is 4. The summed E-state index contributed by atoms with van der Waals surface area (Å²) in [5.41, 5.74) is 2.45. The second-order valence-electron chi connectivity index (χ2n) is 6.39. The SMILES string of the molecule is O=S(=O)(c1ccc(/C=C/c2nc3ccccc3o2)cc1)N1CCCCC1. The summed E-state index contributed by atoms with van der Waals surface area (Å²) < 4.78 is 32.5. The molecule has 0 amide bonds. The van der Waals surface area contributed by atoms with Gasteiger partial charge in [-0.25, -0.2) is 13.4 Å². The number of para-hydroxylation sites is 2. The molecule has 1 aromatic heterocycles. The molecule has 0 radical (unpaired) electrons. The number of fused-ring (bicyclic) bond motifs is 1. The van der Waals surface area contributed by atoms with Crippen LogP contribution in [0.3, 0.4) is 0 Å². The number of rotatable bonds is 4. The van der Waals surface area contributed by atoms with Crippen LogP contribution < -0.4 is 0 Å². The minimum atomic E-state index is -3.38. The minimum absolute atomic E-state index is 0.346. The van der Waals surface area contributed by atoms with Crippen LogP contribution in [0, 0.1) is 0 Å². The Hall–Kier alpha value is -2.44. The topological polar surface area (TPSA) is 63.4 Å². The first kappa shape index (κ1) is 17.0. The van der Waals surface area contributed by atoms with Gasteiger partial charge < -0.3 is 4.42 Å². The van der Waals surface area contributed by atoms with E-state index in [9.17, 15) is 8.42 Å². The molecule has 1 fully saturated rings. The highest BCUT2D eigenvalue weighted by Crippen LogP contribution is 2.22. The average Bonchev–Trinajstić information content (AvgIpc) is 3.10. The third-order valence-corrected chi connectivity index (χ3v) is 6.47. The second kappa shape index (κ2) is 7.05. The molecular formula is C20H20N2O3S. The molecule has 0 saturated carbocycles. The third kappa shape index (κ3) is 3.43. The van der Waals surface area contributed by atoms with Crippen molar-refractivity contribution in [1.29, 1.82) is 0 Å². The molecule has 1 aliphatic rings. The number of aromatic nitrogens is 1. The smallest absolute Gasteiger partial charge is 0.243 e. The van der Waals surface area contributed by atoms with Crippen molar-refractivity contribution in [3.63, 3.8) is 0 Å². The zero-order valence-electron chi connectivity index (χ0n) is 14.3. The molecule has 0 bridgehead atoms. The molecule has 0 aliphatic carbocycles. The normalized spacial score (nSPS) is 16.5. The van der Waals surface area contributed by atoms with Gasteiger partial charge >= 0.3 is 0 Å². The van der Waals surface area contributed by atoms with Gasteiger partial charge in [0.1, 0.15) is 5.52 Å². The number of nitrogens with zero attached hydrogens (tertiary/aromatic N) is 2. The Kier molecular flexibility index (Phi) is 4.61. The first-order valence-electron chi connectivity index (χ1n) is 8.77. The van der Waals surface area contributed by atoms with Crippen molar-refractivity contribution in [2.75, 3.05) is 13.1 Å². The van der Waals surface area contributed by atoms with Gasteiger partial charge in [0.25, 0.3) is 0 Å². The van der Waals surface area contributed by atoms with Crippen LogP contribution >= 0.6 is 0 Å². The quantitative estimate of drug-likeness (QED) is 0.693. The second-order valence-corrected chi connectivity index (χ2v) is 8.32. The van der Waals surface area contributed by atoms with E-state index in [2.05, 4.69) is 4.98 Å². The molecule has 3 aromatic rings. The Bertz CT molecular complexity index is 997. The predicted octanol–water partition coefficient (Wildman–Crippen LogP) is 4.17. The Morgan fingerprint density at radius 2 is 1.65 bits per heavy atom. The van der Waals surface area contributed by atoms with E-state index in [4.69, 9.17) is 4.42 Å². The fourth-order valence-electron chi connectivity index (χ4n) is 3.13. The summed E-state index contributed by atoms with van der Waals surface area (Å²) in [5, 5.41) is 0. The molecule has 0 spiro atoms. The van der Waals surface area contributed by atoms with Crippen molar-refractivity contribution < 1.29 is 12.8 Å². The van der Waals surface area contributed by atoms with Gasteiger partial charge in [-0.2, -0.15) is 4.31 Å². The summed E-state index contributed by atoms with van der Waals surface area (Å²) >= 11 is 0. The van der Waals surface area contributed by atoms with Crippen molar-refractivity contribution in [2.24, 2.45) is 0 Å². The van der Waals surface area contributed by atoms with Crippen molar-refractivity contribution in [1.82, 2.24) is 9.29 Å². The molecular weight excluding hydrogens is 348 g/mol. The molecule has 6 heteroatoms. The van der Waals surface area contributed by atoms with Crippen LogP contribution in [0.25, 0.3) is 23.3 Å². The van der Waals surface area contributed by atoms with Gasteiger partial charge in [-0.1, -0.05) is 30.7 Å². The minimum Gasteiger partial charge on any atom is -0.437 e. The fourth-order valence-corrected chi connectivity index (χ4v) is 4.65. The van der Waals surface area contributed by atoms with Crippen LogP contribution in [-0.4, -0.2) is 30.8 Å². The van der Waals surface area contributed by atoms with E-state index in [1.165, 1.54) is 0 Å². The lowest BCUT2D eigenvalue weighted by Crippen LogP contribution is -2.35. The molecule has 1 aliphatic heterocycles. The van der Waals surface area contributed by atoms with Gasteiger partial charge in [-0.15, -0.1) is 0 Å². The Labute approximate surface area is 153 Å². The molecule has 4 rings (SSSR count). The van der Waals surface area contributed by atoms with E-state index in [-0.39, 0.29) is 0 Å². The van der Waals surface area contributed by atoms with E-state index < -0.39 is 10.0 Å². The maximum absolute atomic E-state index is 12.7. The number of benzene rings is 2. The zero-order chi connectivity index (χ0) is 18.0. The molecule has 26 heavy (non-hydrogen) atoms. The maximum atomic E-state index is 12.7. The predicted molar refractivity (Wildman–Crippen MR) is 102 cm³/mol. The van der Waals surface area contributed by atoms with Gasteiger partial charge in [-0.3, -0.25) is 0 Å². The van der Waals surface area contributed by atoms with Gasteiger partial charge in [0, 0.05) is 19.2 Å². The highest BCUT2D eigenvalue weighted by Gasteiger charge is 2.25. The van der Waals surface area contributed by atoms with E-state index in [1.54, 1.807) is 34.6 Å². The molecule has 0 atom stereocenters. The van der Waals surface area contributed by atoms with Crippen LogP contribution in [0.5, 0.6) is 0 Å². The van der Waals surface area contributed by atoms with E-state index in [0.29, 0.717) is 23.9 Å². The summed E-state index contributed by atoms with van der Waals surface area (Å²) in [6.45, 7) is 1.23. The zero-order valence-corrected chi connectivity index (χ0v) is 15.2. The summed E-state index contributed by atoms with van der Waals surface area (Å²) in [7, 11) is -3.38. The highest BCUT2D eigenvalue weighted by atomic mass is 32.2. The standard InChI is InChI=1S/C20H20N2O3S/c23-26(24,22-14-4-1-5-15-22)17-11-8-16(9-12-17)10-13-20-21-18-6-2-3-7-19(18)25-20/h2-3,6-13H,1,4-5,14-15H2/b13-10+. The summed E-state index contributed by atoms with van der Waals surface area (Å²) in [4.78, 5) is 4.74. The molecule has 2 aromatic carbocycles. The number of sulfonamides is 1. The number of piperidine rings is 1. The van der Waals surface area contributed by atoms with Crippen LogP contribution in [-0.2, 0) is 10.0 Å². The van der Waals surface area contributed by atoms with Gasteiger partial charge in [0.2, 0.25) is 15.9 Å². The highest BCUT2D eigenvalue weighted by molar-refractivity contribution is 7.89.